The minimum Gasteiger partial charge on any atom is -0.469 e. The van der Waals surface area contributed by atoms with Crippen LogP contribution in [-0.2, 0) is 16.0 Å². The normalized spacial score (nSPS) is 9.47. The first-order chi connectivity index (χ1) is 7.08. The molecule has 0 fully saturated rings. The van der Waals surface area contributed by atoms with Gasteiger partial charge in [-0.15, -0.1) is 0 Å². The SMILES string of the molecule is COC(=O)Cc1cc(F)cc(C#N)c1F. The van der Waals surface area contributed by atoms with Crippen molar-refractivity contribution in [3.63, 3.8) is 0 Å². The molecule has 0 aliphatic rings. The van der Waals surface area contributed by atoms with Gasteiger partial charge in [-0.05, 0) is 12.1 Å². The summed E-state index contributed by atoms with van der Waals surface area (Å²) in [6, 6.07) is 3.14. The van der Waals surface area contributed by atoms with Gasteiger partial charge in [0, 0.05) is 5.56 Å². The molecule has 3 nitrogen and oxygen atoms in total. The van der Waals surface area contributed by atoms with Crippen molar-refractivity contribution < 1.29 is 18.3 Å². The average molecular weight is 211 g/mol. The Bertz CT molecular complexity index is 438. The van der Waals surface area contributed by atoms with E-state index in [1.54, 1.807) is 0 Å². The fraction of sp³-hybridized carbons (Fsp3) is 0.200. The molecular formula is C10H7F2NO2. The van der Waals surface area contributed by atoms with Crippen LogP contribution in [0.2, 0.25) is 0 Å². The van der Waals surface area contributed by atoms with Crippen LogP contribution in [0, 0.1) is 23.0 Å². The fourth-order valence-corrected chi connectivity index (χ4v) is 1.08. The lowest BCUT2D eigenvalue weighted by Gasteiger charge is -2.03. The number of benzene rings is 1. The van der Waals surface area contributed by atoms with E-state index in [0.29, 0.717) is 0 Å². The summed E-state index contributed by atoms with van der Waals surface area (Å²) in [6.45, 7) is 0. The zero-order valence-electron chi connectivity index (χ0n) is 7.88. The van der Waals surface area contributed by atoms with Crippen LogP contribution in [-0.4, -0.2) is 13.1 Å². The number of halogens is 2. The molecule has 78 valence electrons. The van der Waals surface area contributed by atoms with Gasteiger partial charge < -0.3 is 4.74 Å². The quantitative estimate of drug-likeness (QED) is 0.697. The van der Waals surface area contributed by atoms with Gasteiger partial charge in [0.05, 0.1) is 19.1 Å². The summed E-state index contributed by atoms with van der Waals surface area (Å²) in [5.41, 5.74) is -0.604. The highest BCUT2D eigenvalue weighted by Gasteiger charge is 2.14. The lowest BCUT2D eigenvalue weighted by atomic mass is 10.1. The third kappa shape index (κ3) is 2.50. The highest BCUT2D eigenvalue weighted by atomic mass is 19.1. The molecule has 5 heteroatoms. The molecule has 0 atom stereocenters. The smallest absolute Gasteiger partial charge is 0.310 e. The van der Waals surface area contributed by atoms with Gasteiger partial charge in [0.2, 0.25) is 0 Å². The molecule has 0 bridgehead atoms. The molecule has 0 saturated carbocycles. The standard InChI is InChI=1S/C10H7F2NO2/c1-15-9(14)4-6-2-8(11)3-7(5-13)10(6)12/h2-3H,4H2,1H3. The molecule has 0 spiro atoms. The first kappa shape index (κ1) is 11.1. The number of nitrogens with zero attached hydrogens (tertiary/aromatic N) is 1. The molecule has 0 radical (unpaired) electrons. The largest absolute Gasteiger partial charge is 0.469 e. The van der Waals surface area contributed by atoms with Crippen LogP contribution in [0.3, 0.4) is 0 Å². The molecule has 0 aromatic heterocycles. The maximum Gasteiger partial charge on any atom is 0.310 e. The van der Waals surface area contributed by atoms with E-state index in [1.807, 2.05) is 0 Å². The van der Waals surface area contributed by atoms with Gasteiger partial charge in [-0.25, -0.2) is 8.78 Å². The van der Waals surface area contributed by atoms with Gasteiger partial charge in [-0.3, -0.25) is 4.79 Å². The van der Waals surface area contributed by atoms with Crippen LogP contribution in [0.4, 0.5) is 8.78 Å². The first-order valence-corrected chi connectivity index (χ1v) is 4.03. The molecule has 0 saturated heterocycles. The monoisotopic (exact) mass is 211 g/mol. The van der Waals surface area contributed by atoms with Gasteiger partial charge in [0.15, 0.2) is 0 Å². The molecule has 0 aliphatic carbocycles. The molecule has 15 heavy (non-hydrogen) atoms. The summed E-state index contributed by atoms with van der Waals surface area (Å²) < 4.78 is 30.5. The second-order valence-corrected chi connectivity index (χ2v) is 2.79. The van der Waals surface area contributed by atoms with Crippen molar-refractivity contribution in [2.45, 2.75) is 6.42 Å². The highest BCUT2D eigenvalue weighted by Crippen LogP contribution is 2.15. The van der Waals surface area contributed by atoms with Crippen molar-refractivity contribution in [1.82, 2.24) is 0 Å². The number of nitriles is 1. The average Bonchev–Trinajstić information content (AvgIpc) is 2.22. The van der Waals surface area contributed by atoms with E-state index in [2.05, 4.69) is 4.74 Å². The molecular weight excluding hydrogens is 204 g/mol. The summed E-state index contributed by atoms with van der Waals surface area (Å²) in [4.78, 5) is 10.9. The summed E-state index contributed by atoms with van der Waals surface area (Å²) in [6.07, 6.45) is -0.394. The fourth-order valence-electron chi connectivity index (χ4n) is 1.08. The molecule has 1 aromatic rings. The number of carbonyl (C=O) groups excluding carboxylic acids is 1. The zero-order chi connectivity index (χ0) is 11.4. The third-order valence-corrected chi connectivity index (χ3v) is 1.80. The van der Waals surface area contributed by atoms with Crippen molar-refractivity contribution >= 4 is 5.97 Å². The number of hydrogen-bond acceptors (Lipinski definition) is 3. The van der Waals surface area contributed by atoms with Crippen LogP contribution >= 0.6 is 0 Å². The van der Waals surface area contributed by atoms with E-state index in [0.717, 1.165) is 19.2 Å². The van der Waals surface area contributed by atoms with Crippen molar-refractivity contribution in [2.24, 2.45) is 0 Å². The Morgan fingerprint density at radius 1 is 1.53 bits per heavy atom. The zero-order valence-corrected chi connectivity index (χ0v) is 7.88. The predicted molar refractivity (Wildman–Crippen MR) is 46.8 cm³/mol. The van der Waals surface area contributed by atoms with Gasteiger partial charge in [0.25, 0.3) is 0 Å². The van der Waals surface area contributed by atoms with Crippen LogP contribution < -0.4 is 0 Å². The van der Waals surface area contributed by atoms with Crippen molar-refractivity contribution in [2.75, 3.05) is 7.11 Å². The second-order valence-electron chi connectivity index (χ2n) is 2.79. The van der Waals surface area contributed by atoms with Crippen LogP contribution in [0.15, 0.2) is 12.1 Å². The number of esters is 1. The van der Waals surface area contributed by atoms with Gasteiger partial charge in [-0.2, -0.15) is 5.26 Å². The van der Waals surface area contributed by atoms with Crippen LogP contribution in [0.5, 0.6) is 0 Å². The maximum absolute atomic E-state index is 13.4. The Hall–Kier alpha value is -1.96. The van der Waals surface area contributed by atoms with Gasteiger partial charge in [0.1, 0.15) is 17.7 Å². The number of carbonyl (C=O) groups is 1. The van der Waals surface area contributed by atoms with E-state index >= 15 is 0 Å². The summed E-state index contributed by atoms with van der Waals surface area (Å²) in [5, 5.41) is 8.49. The maximum atomic E-state index is 13.4. The van der Waals surface area contributed by atoms with E-state index in [1.165, 1.54) is 6.07 Å². The van der Waals surface area contributed by atoms with Crippen molar-refractivity contribution in [3.05, 3.63) is 34.9 Å². The molecule has 0 amide bonds. The highest BCUT2D eigenvalue weighted by molar-refractivity contribution is 5.72. The Morgan fingerprint density at radius 3 is 2.73 bits per heavy atom. The molecule has 0 aliphatic heterocycles. The van der Waals surface area contributed by atoms with Crippen LogP contribution in [0.25, 0.3) is 0 Å². The van der Waals surface area contributed by atoms with Crippen molar-refractivity contribution in [3.8, 4) is 6.07 Å². The van der Waals surface area contributed by atoms with E-state index < -0.39 is 29.6 Å². The van der Waals surface area contributed by atoms with Gasteiger partial charge >= 0.3 is 5.97 Å². The minimum atomic E-state index is -0.885. The molecule has 0 unspecified atom stereocenters. The predicted octanol–water partition coefficient (Wildman–Crippen LogP) is 1.55. The van der Waals surface area contributed by atoms with Crippen LogP contribution in [0.1, 0.15) is 11.1 Å². The van der Waals surface area contributed by atoms with Crippen molar-refractivity contribution in [1.29, 1.82) is 5.26 Å². The topological polar surface area (TPSA) is 50.1 Å². The molecule has 0 N–H and O–H groups in total. The Kier molecular flexibility index (Phi) is 3.34. The summed E-state index contributed by atoms with van der Waals surface area (Å²) >= 11 is 0. The number of ether oxygens (including phenoxy) is 1. The molecule has 1 aromatic carbocycles. The molecule has 1 rings (SSSR count). The van der Waals surface area contributed by atoms with E-state index in [4.69, 9.17) is 5.26 Å². The number of methoxy groups -OCH3 is 1. The molecule has 0 heterocycles. The van der Waals surface area contributed by atoms with Gasteiger partial charge in [-0.1, -0.05) is 0 Å². The third-order valence-electron chi connectivity index (χ3n) is 1.80. The lowest BCUT2D eigenvalue weighted by Crippen LogP contribution is -2.07. The Balaban J connectivity index is 3.13. The van der Waals surface area contributed by atoms with E-state index in [-0.39, 0.29) is 5.56 Å². The lowest BCUT2D eigenvalue weighted by molar-refractivity contribution is -0.139. The Morgan fingerprint density at radius 2 is 2.20 bits per heavy atom. The summed E-state index contributed by atoms with van der Waals surface area (Å²) in [7, 11) is 1.14. The summed E-state index contributed by atoms with van der Waals surface area (Å²) in [5.74, 6) is -2.33. The number of hydrogen-bond donors (Lipinski definition) is 0. The second kappa shape index (κ2) is 4.51. The Labute approximate surface area is 84.9 Å². The minimum absolute atomic E-state index is 0.182. The van der Waals surface area contributed by atoms with E-state index in [9.17, 15) is 13.6 Å². The first-order valence-electron chi connectivity index (χ1n) is 4.03. The number of rotatable bonds is 2.